The molecule has 3 aromatic rings. The molecular weight excluding hydrogens is 282 g/mol. The highest BCUT2D eigenvalue weighted by Gasteiger charge is 2.11. The van der Waals surface area contributed by atoms with E-state index in [2.05, 4.69) is 15.2 Å². The summed E-state index contributed by atoms with van der Waals surface area (Å²) < 4.78 is 2.90. The molecule has 0 unspecified atom stereocenters. The summed E-state index contributed by atoms with van der Waals surface area (Å²) in [6.07, 6.45) is 0. The molecule has 0 aliphatic rings. The van der Waals surface area contributed by atoms with E-state index in [1.54, 1.807) is 11.6 Å². The molecule has 7 heteroatoms. The fourth-order valence-corrected chi connectivity index (χ4v) is 2.25. The quantitative estimate of drug-likeness (QED) is 0.774. The van der Waals surface area contributed by atoms with E-state index >= 15 is 0 Å². The minimum atomic E-state index is -0.335. The van der Waals surface area contributed by atoms with Gasteiger partial charge in [0.1, 0.15) is 12.4 Å². The highest BCUT2D eigenvalue weighted by molar-refractivity contribution is 5.35. The highest BCUT2D eigenvalue weighted by Crippen LogP contribution is 2.12. The molecule has 3 rings (SSSR count). The van der Waals surface area contributed by atoms with Crippen LogP contribution in [0.2, 0.25) is 0 Å². The lowest BCUT2D eigenvalue weighted by Crippen LogP contribution is -2.29. The molecule has 0 spiro atoms. The van der Waals surface area contributed by atoms with Crippen LogP contribution in [0.4, 0.5) is 0 Å². The maximum atomic E-state index is 11.8. The smallest absolute Gasteiger partial charge is 0.265 e. The number of nitrogens with one attached hydrogen (secondary N) is 1. The van der Waals surface area contributed by atoms with Crippen molar-refractivity contribution in [2.45, 2.75) is 20.4 Å². The van der Waals surface area contributed by atoms with Gasteiger partial charge in [-0.3, -0.25) is 14.7 Å². The van der Waals surface area contributed by atoms with Gasteiger partial charge in [0.05, 0.1) is 5.69 Å². The molecule has 0 saturated heterocycles. The monoisotopic (exact) mass is 297 g/mol. The minimum Gasteiger partial charge on any atom is -0.268 e. The number of hydrogen-bond acceptors (Lipinski definition) is 4. The number of aromatic nitrogens is 5. The molecule has 7 nitrogen and oxygen atoms in total. The van der Waals surface area contributed by atoms with Gasteiger partial charge in [0.25, 0.3) is 11.1 Å². The summed E-state index contributed by atoms with van der Waals surface area (Å²) in [5.41, 5.74) is 1.33. The van der Waals surface area contributed by atoms with Crippen molar-refractivity contribution in [2.24, 2.45) is 0 Å². The van der Waals surface area contributed by atoms with Crippen molar-refractivity contribution in [3.8, 4) is 5.69 Å². The first-order valence-electron chi connectivity index (χ1n) is 6.83. The topological polar surface area (TPSA) is 85.6 Å². The molecule has 0 radical (unpaired) electrons. The van der Waals surface area contributed by atoms with Crippen LogP contribution < -0.4 is 11.1 Å². The molecule has 0 fully saturated rings. The van der Waals surface area contributed by atoms with Crippen LogP contribution in [0, 0.1) is 13.8 Å². The van der Waals surface area contributed by atoms with Crippen LogP contribution in [0.25, 0.3) is 5.69 Å². The van der Waals surface area contributed by atoms with E-state index in [0.717, 1.165) is 11.3 Å². The van der Waals surface area contributed by atoms with E-state index in [1.165, 1.54) is 16.8 Å². The highest BCUT2D eigenvalue weighted by atomic mass is 16.1. The van der Waals surface area contributed by atoms with Gasteiger partial charge in [-0.1, -0.05) is 12.1 Å². The zero-order chi connectivity index (χ0) is 15.7. The Bertz CT molecular complexity index is 935. The van der Waals surface area contributed by atoms with E-state index in [4.69, 9.17) is 0 Å². The summed E-state index contributed by atoms with van der Waals surface area (Å²) in [7, 11) is 0. The van der Waals surface area contributed by atoms with Gasteiger partial charge < -0.3 is 0 Å². The van der Waals surface area contributed by atoms with Crippen molar-refractivity contribution in [1.82, 2.24) is 24.5 Å². The second-order valence-corrected chi connectivity index (χ2v) is 5.06. The summed E-state index contributed by atoms with van der Waals surface area (Å²) in [6.45, 7) is 3.92. The van der Waals surface area contributed by atoms with E-state index in [1.807, 2.05) is 31.2 Å². The summed E-state index contributed by atoms with van der Waals surface area (Å²) in [5.74, 6) is 1.18. The Morgan fingerprint density at radius 2 is 1.95 bits per heavy atom. The number of benzene rings is 1. The van der Waals surface area contributed by atoms with E-state index in [9.17, 15) is 9.59 Å². The average Bonchev–Trinajstić information content (AvgIpc) is 2.84. The van der Waals surface area contributed by atoms with Gasteiger partial charge >= 0.3 is 0 Å². The second-order valence-electron chi connectivity index (χ2n) is 5.06. The Labute approximate surface area is 125 Å². The number of aromatic amines is 1. The lowest BCUT2D eigenvalue weighted by Gasteiger charge is -2.08. The third-order valence-electron chi connectivity index (χ3n) is 3.21. The number of aryl methyl sites for hydroxylation is 2. The number of H-pyrrole nitrogens is 1. The van der Waals surface area contributed by atoms with E-state index < -0.39 is 0 Å². The molecule has 1 N–H and O–H groups in total. The molecule has 0 aliphatic carbocycles. The Morgan fingerprint density at radius 1 is 1.14 bits per heavy atom. The summed E-state index contributed by atoms with van der Waals surface area (Å²) in [5, 5.41) is 6.86. The third kappa shape index (κ3) is 2.73. The predicted molar refractivity (Wildman–Crippen MR) is 81.3 cm³/mol. The normalized spacial score (nSPS) is 10.8. The van der Waals surface area contributed by atoms with Crippen molar-refractivity contribution in [3.63, 3.8) is 0 Å². The number of hydrogen-bond donors (Lipinski definition) is 1. The first-order valence-corrected chi connectivity index (χ1v) is 6.83. The lowest BCUT2D eigenvalue weighted by atomic mass is 10.2. The Kier molecular flexibility index (Phi) is 3.46. The van der Waals surface area contributed by atoms with Crippen molar-refractivity contribution >= 4 is 0 Å². The zero-order valence-corrected chi connectivity index (χ0v) is 12.3. The second kappa shape index (κ2) is 5.44. The Balaban J connectivity index is 2.07. The molecule has 112 valence electrons. The molecule has 22 heavy (non-hydrogen) atoms. The predicted octanol–water partition coefficient (Wildman–Crippen LogP) is 0.782. The largest absolute Gasteiger partial charge is 0.268 e. The van der Waals surface area contributed by atoms with Crippen LogP contribution in [-0.4, -0.2) is 24.5 Å². The standard InChI is InChI=1S/C15H15N5O2/c1-10-4-3-5-12(8-10)20-13(16-11(2)17-20)9-19-15(22)7-6-14(21)18-19/h3-8H,9H2,1-2H3,(H,18,21). The van der Waals surface area contributed by atoms with Crippen LogP contribution in [0.3, 0.4) is 0 Å². The van der Waals surface area contributed by atoms with Crippen molar-refractivity contribution in [1.29, 1.82) is 0 Å². The van der Waals surface area contributed by atoms with Gasteiger partial charge in [0.15, 0.2) is 5.82 Å². The van der Waals surface area contributed by atoms with Crippen LogP contribution in [-0.2, 0) is 6.54 Å². The summed E-state index contributed by atoms with van der Waals surface area (Å²) >= 11 is 0. The summed E-state index contributed by atoms with van der Waals surface area (Å²) in [4.78, 5) is 27.6. The zero-order valence-electron chi connectivity index (χ0n) is 12.3. The van der Waals surface area contributed by atoms with Crippen LogP contribution >= 0.6 is 0 Å². The lowest BCUT2D eigenvalue weighted by molar-refractivity contribution is 0.591. The molecule has 1 aromatic carbocycles. The van der Waals surface area contributed by atoms with Gasteiger partial charge in [-0.15, -0.1) is 0 Å². The van der Waals surface area contributed by atoms with Gasteiger partial charge in [-0.25, -0.2) is 14.3 Å². The van der Waals surface area contributed by atoms with Crippen molar-refractivity contribution < 1.29 is 0 Å². The molecule has 0 saturated carbocycles. The van der Waals surface area contributed by atoms with Crippen LogP contribution in [0.15, 0.2) is 46.0 Å². The first-order chi connectivity index (χ1) is 10.5. The van der Waals surface area contributed by atoms with Crippen LogP contribution in [0.5, 0.6) is 0 Å². The maximum absolute atomic E-state index is 11.8. The van der Waals surface area contributed by atoms with Gasteiger partial charge in [0.2, 0.25) is 0 Å². The fourth-order valence-electron chi connectivity index (χ4n) is 2.25. The molecule has 0 aliphatic heterocycles. The molecule has 0 amide bonds. The third-order valence-corrected chi connectivity index (χ3v) is 3.21. The molecular formula is C15H15N5O2. The Hall–Kier alpha value is -2.96. The van der Waals surface area contributed by atoms with Gasteiger partial charge in [0, 0.05) is 12.1 Å². The Morgan fingerprint density at radius 3 is 2.73 bits per heavy atom. The molecule has 0 bridgehead atoms. The van der Waals surface area contributed by atoms with Crippen LogP contribution in [0.1, 0.15) is 17.2 Å². The van der Waals surface area contributed by atoms with Crippen molar-refractivity contribution in [3.05, 3.63) is 74.3 Å². The average molecular weight is 297 g/mol. The summed E-state index contributed by atoms with van der Waals surface area (Å²) in [6, 6.07) is 10.3. The van der Waals surface area contributed by atoms with Gasteiger partial charge in [-0.05, 0) is 31.5 Å². The van der Waals surface area contributed by atoms with Gasteiger partial charge in [-0.2, -0.15) is 5.10 Å². The minimum absolute atomic E-state index is 0.143. The number of nitrogens with zero attached hydrogens (tertiary/aromatic N) is 4. The molecule has 0 atom stereocenters. The van der Waals surface area contributed by atoms with E-state index in [0.29, 0.717) is 11.6 Å². The first kappa shape index (κ1) is 14.0. The van der Waals surface area contributed by atoms with Crippen molar-refractivity contribution in [2.75, 3.05) is 0 Å². The fraction of sp³-hybridized carbons (Fsp3) is 0.200. The number of rotatable bonds is 3. The maximum Gasteiger partial charge on any atom is 0.265 e. The molecule has 2 heterocycles. The SMILES string of the molecule is Cc1cccc(-n2nc(C)nc2Cn2[nH]c(=O)ccc2=O)c1. The van der Waals surface area contributed by atoms with E-state index in [-0.39, 0.29) is 17.7 Å². The molecule has 2 aromatic heterocycles.